The summed E-state index contributed by atoms with van der Waals surface area (Å²) in [6, 6.07) is 12.3. The number of carboxylic acids is 1. The first-order valence-corrected chi connectivity index (χ1v) is 10.0. The fourth-order valence-electron chi connectivity index (χ4n) is 3.96. The van der Waals surface area contributed by atoms with E-state index in [2.05, 4.69) is 0 Å². The lowest BCUT2D eigenvalue weighted by Gasteiger charge is -2.36. The van der Waals surface area contributed by atoms with Crippen molar-refractivity contribution >= 4 is 11.7 Å². The minimum absolute atomic E-state index is 0.0156. The molecule has 2 aromatic carbocycles. The van der Waals surface area contributed by atoms with Crippen LogP contribution in [0, 0.1) is 0 Å². The van der Waals surface area contributed by atoms with Crippen molar-refractivity contribution in [1.29, 1.82) is 0 Å². The Bertz CT molecular complexity index is 1040. The fraction of sp³-hybridized carbons (Fsp3) is 0.261. The van der Waals surface area contributed by atoms with Crippen LogP contribution in [0.2, 0.25) is 0 Å². The summed E-state index contributed by atoms with van der Waals surface area (Å²) in [4.78, 5) is 13.0. The van der Waals surface area contributed by atoms with Crippen molar-refractivity contribution in [2.45, 2.75) is 24.9 Å². The van der Waals surface area contributed by atoms with E-state index in [1.807, 2.05) is 35.2 Å². The minimum Gasteiger partial charge on any atom is -0.478 e. The zero-order valence-electron chi connectivity index (χ0n) is 17.3. The Labute approximate surface area is 183 Å². The Morgan fingerprint density at radius 1 is 1.06 bits per heavy atom. The third kappa shape index (κ3) is 5.16. The van der Waals surface area contributed by atoms with Crippen LogP contribution in [-0.2, 0) is 6.18 Å². The molecule has 1 fully saturated rings. The molecule has 0 aromatic heterocycles. The Morgan fingerprint density at radius 2 is 1.75 bits per heavy atom. The van der Waals surface area contributed by atoms with E-state index in [1.165, 1.54) is 12.1 Å². The molecule has 7 N–H and O–H groups in total. The zero-order valence-corrected chi connectivity index (χ0v) is 17.3. The Kier molecular flexibility index (Phi) is 6.67. The second kappa shape index (κ2) is 9.25. The molecule has 0 bridgehead atoms. The van der Waals surface area contributed by atoms with Gasteiger partial charge in [0.15, 0.2) is 0 Å². The van der Waals surface area contributed by atoms with Gasteiger partial charge in [-0.2, -0.15) is 13.2 Å². The number of aromatic carboxylic acids is 1. The predicted molar refractivity (Wildman–Crippen MR) is 116 cm³/mol. The summed E-state index contributed by atoms with van der Waals surface area (Å²) in [5.74, 6) is -1.87. The van der Waals surface area contributed by atoms with Gasteiger partial charge in [-0.05, 0) is 42.2 Å². The van der Waals surface area contributed by atoms with Gasteiger partial charge < -0.3 is 27.2 Å². The van der Waals surface area contributed by atoms with E-state index in [0.717, 1.165) is 5.56 Å². The lowest BCUT2D eigenvalue weighted by molar-refractivity contribution is -0.138. The van der Waals surface area contributed by atoms with Crippen molar-refractivity contribution in [3.8, 4) is 0 Å². The highest BCUT2D eigenvalue weighted by molar-refractivity contribution is 5.88. The fourth-order valence-corrected chi connectivity index (χ4v) is 3.96. The number of carbonyl (C=O) groups is 1. The second-order valence-electron chi connectivity index (χ2n) is 7.70. The normalized spacial score (nSPS) is 17.2. The highest BCUT2D eigenvalue weighted by atomic mass is 19.4. The number of rotatable bonds is 5. The molecule has 1 unspecified atom stereocenters. The summed E-state index contributed by atoms with van der Waals surface area (Å²) in [6.45, 7) is 0.790. The molecule has 3 rings (SSSR count). The van der Waals surface area contributed by atoms with Gasteiger partial charge in [0, 0.05) is 24.7 Å². The first-order chi connectivity index (χ1) is 15.1. The molecule has 0 amide bonds. The zero-order chi connectivity index (χ0) is 23.5. The molecule has 9 heteroatoms. The summed E-state index contributed by atoms with van der Waals surface area (Å²) in [7, 11) is 0. The van der Waals surface area contributed by atoms with Crippen LogP contribution in [0.3, 0.4) is 0 Å². The molecule has 1 aliphatic rings. The number of nitrogens with two attached hydrogens (primary N) is 3. The van der Waals surface area contributed by atoms with Crippen LogP contribution in [0.25, 0.3) is 5.70 Å². The van der Waals surface area contributed by atoms with E-state index in [-0.39, 0.29) is 17.9 Å². The van der Waals surface area contributed by atoms with Gasteiger partial charge in [0.1, 0.15) is 5.82 Å². The molecule has 6 nitrogen and oxygen atoms in total. The predicted octanol–water partition coefficient (Wildman–Crippen LogP) is 3.67. The number of piperidine rings is 1. The molecule has 170 valence electrons. The molecule has 0 spiro atoms. The quantitative estimate of drug-likeness (QED) is 0.521. The van der Waals surface area contributed by atoms with Crippen LogP contribution in [0.4, 0.5) is 13.2 Å². The summed E-state index contributed by atoms with van der Waals surface area (Å²) < 4.78 is 41.1. The van der Waals surface area contributed by atoms with E-state index in [4.69, 9.17) is 22.3 Å². The third-order valence-electron chi connectivity index (χ3n) is 5.50. The average molecular weight is 446 g/mol. The van der Waals surface area contributed by atoms with Gasteiger partial charge in [-0.15, -0.1) is 0 Å². The van der Waals surface area contributed by atoms with Gasteiger partial charge in [0.2, 0.25) is 0 Å². The van der Waals surface area contributed by atoms with Crippen molar-refractivity contribution in [2.75, 3.05) is 13.1 Å². The Hall–Kier alpha value is -3.62. The summed E-state index contributed by atoms with van der Waals surface area (Å²) in [5, 5.41) is 9.10. The molecule has 0 aliphatic carbocycles. The lowest BCUT2D eigenvalue weighted by atomic mass is 9.86. The number of nitrogens with zero attached hydrogens (tertiary/aromatic N) is 1. The Balaban J connectivity index is 1.94. The maximum atomic E-state index is 13.7. The first kappa shape index (κ1) is 23.1. The molecular formula is C23H25F3N4O2. The number of halogens is 3. The summed E-state index contributed by atoms with van der Waals surface area (Å²) in [5.41, 5.74) is 18.4. The highest BCUT2D eigenvalue weighted by Crippen LogP contribution is 2.39. The standard InChI is InChI=1S/C23H25F3N4O2/c24-23(25,26)18-11-15(22(31)32)8-9-17(18)16-7-4-10-30(13-16)20(21(28)29)12-19(27)14-5-2-1-3-6-14/h1-3,5-6,8-9,11-12,16H,4,7,10,13,27-29H2,(H,31,32)/b19-12-. The van der Waals surface area contributed by atoms with E-state index >= 15 is 0 Å². The van der Waals surface area contributed by atoms with E-state index in [0.29, 0.717) is 36.8 Å². The molecule has 1 atom stereocenters. The van der Waals surface area contributed by atoms with Crippen molar-refractivity contribution in [2.24, 2.45) is 17.2 Å². The summed E-state index contributed by atoms with van der Waals surface area (Å²) in [6.07, 6.45) is -1.92. The minimum atomic E-state index is -4.67. The topological polar surface area (TPSA) is 119 Å². The largest absolute Gasteiger partial charge is 0.478 e. The van der Waals surface area contributed by atoms with E-state index in [9.17, 15) is 18.0 Å². The summed E-state index contributed by atoms with van der Waals surface area (Å²) >= 11 is 0. The van der Waals surface area contributed by atoms with E-state index in [1.54, 1.807) is 6.08 Å². The van der Waals surface area contributed by atoms with Crippen LogP contribution in [0.15, 0.2) is 66.1 Å². The van der Waals surface area contributed by atoms with Crippen molar-refractivity contribution in [1.82, 2.24) is 4.90 Å². The van der Waals surface area contributed by atoms with Crippen molar-refractivity contribution < 1.29 is 23.1 Å². The molecule has 0 radical (unpaired) electrons. The lowest BCUT2D eigenvalue weighted by Crippen LogP contribution is -2.36. The van der Waals surface area contributed by atoms with Crippen molar-refractivity contribution in [3.63, 3.8) is 0 Å². The molecular weight excluding hydrogens is 421 g/mol. The smallest absolute Gasteiger partial charge is 0.416 e. The number of hydrogen-bond donors (Lipinski definition) is 4. The van der Waals surface area contributed by atoms with Crippen LogP contribution in [-0.4, -0.2) is 29.1 Å². The monoisotopic (exact) mass is 446 g/mol. The number of likely N-dealkylation sites (tertiary alicyclic amines) is 1. The van der Waals surface area contributed by atoms with Gasteiger partial charge in [0.05, 0.1) is 16.8 Å². The number of allylic oxidation sites excluding steroid dienone is 1. The van der Waals surface area contributed by atoms with Gasteiger partial charge >= 0.3 is 12.1 Å². The number of carboxylic acid groups (broad SMARTS) is 1. The third-order valence-corrected chi connectivity index (χ3v) is 5.50. The molecule has 1 aliphatic heterocycles. The molecule has 1 heterocycles. The van der Waals surface area contributed by atoms with Gasteiger partial charge in [0.25, 0.3) is 0 Å². The highest BCUT2D eigenvalue weighted by Gasteiger charge is 2.37. The number of benzene rings is 2. The first-order valence-electron chi connectivity index (χ1n) is 10.0. The maximum Gasteiger partial charge on any atom is 0.416 e. The second-order valence-corrected chi connectivity index (χ2v) is 7.70. The average Bonchev–Trinajstić information content (AvgIpc) is 2.76. The van der Waals surface area contributed by atoms with Crippen LogP contribution >= 0.6 is 0 Å². The van der Waals surface area contributed by atoms with Gasteiger partial charge in [-0.1, -0.05) is 36.4 Å². The van der Waals surface area contributed by atoms with Crippen molar-refractivity contribution in [3.05, 3.63) is 88.4 Å². The maximum absolute atomic E-state index is 13.7. The number of alkyl halides is 3. The van der Waals surface area contributed by atoms with Crippen LogP contribution in [0.5, 0.6) is 0 Å². The van der Waals surface area contributed by atoms with Crippen LogP contribution in [0.1, 0.15) is 45.8 Å². The molecule has 0 saturated carbocycles. The van der Waals surface area contributed by atoms with Gasteiger partial charge in [-0.3, -0.25) is 0 Å². The van der Waals surface area contributed by atoms with E-state index < -0.39 is 29.2 Å². The number of hydrogen-bond acceptors (Lipinski definition) is 5. The van der Waals surface area contributed by atoms with Gasteiger partial charge in [-0.25, -0.2) is 4.79 Å². The molecule has 2 aromatic rings. The SMILES string of the molecule is NC(N)=C(/C=C(\N)c1ccccc1)N1CCCC(c2ccc(C(=O)O)cc2C(F)(F)F)C1. The Morgan fingerprint density at radius 3 is 2.34 bits per heavy atom. The molecule has 1 saturated heterocycles. The molecule has 32 heavy (non-hydrogen) atoms. The van der Waals surface area contributed by atoms with Crippen LogP contribution < -0.4 is 17.2 Å².